The molecule has 0 N–H and O–H groups in total. The highest BCUT2D eigenvalue weighted by molar-refractivity contribution is 5.03. The molecule has 4 atom stereocenters. The number of rotatable bonds is 1. The number of hydrogen-bond donors (Lipinski definition) is 0. The summed E-state index contributed by atoms with van der Waals surface area (Å²) in [5, 5.41) is 0. The molecule has 0 aliphatic heterocycles. The third-order valence-corrected chi connectivity index (χ3v) is 3.82. The van der Waals surface area contributed by atoms with Crippen LogP contribution in [0, 0.1) is 23.7 Å². The lowest BCUT2D eigenvalue weighted by Crippen LogP contribution is -2.17. The molecule has 0 amide bonds. The number of allylic oxidation sites excluding steroid dienone is 2. The summed E-state index contributed by atoms with van der Waals surface area (Å²) in [5.74, 6) is 4.02. The summed E-state index contributed by atoms with van der Waals surface area (Å²) in [7, 11) is 0. The van der Waals surface area contributed by atoms with Crippen molar-refractivity contribution >= 4 is 0 Å². The van der Waals surface area contributed by atoms with Crippen LogP contribution in [-0.4, -0.2) is 0 Å². The molecule has 0 aromatic heterocycles. The van der Waals surface area contributed by atoms with Crippen LogP contribution in [0.2, 0.25) is 0 Å². The van der Waals surface area contributed by atoms with Gasteiger partial charge in [-0.3, -0.25) is 0 Å². The maximum atomic E-state index is 2.44. The second-order valence-electron chi connectivity index (χ2n) is 4.30. The minimum atomic E-state index is 0.929. The lowest BCUT2D eigenvalue weighted by Gasteiger charge is -2.25. The summed E-state index contributed by atoms with van der Waals surface area (Å²) in [5.41, 5.74) is 0. The Kier molecular flexibility index (Phi) is 1.78. The molecule has 4 unspecified atom stereocenters. The Morgan fingerprint density at radius 1 is 1.18 bits per heavy atom. The zero-order valence-electron chi connectivity index (χ0n) is 7.59. The van der Waals surface area contributed by atoms with Gasteiger partial charge < -0.3 is 0 Å². The highest BCUT2D eigenvalue weighted by atomic mass is 14.5. The van der Waals surface area contributed by atoms with Gasteiger partial charge in [0.25, 0.3) is 0 Å². The van der Waals surface area contributed by atoms with Crippen LogP contribution < -0.4 is 0 Å². The van der Waals surface area contributed by atoms with Gasteiger partial charge in [0.2, 0.25) is 0 Å². The molecule has 0 spiro atoms. The van der Waals surface area contributed by atoms with Gasteiger partial charge in [-0.2, -0.15) is 0 Å². The van der Waals surface area contributed by atoms with Crippen molar-refractivity contribution in [3.05, 3.63) is 12.2 Å². The molecule has 0 radical (unpaired) electrons. The molecule has 2 aliphatic rings. The Balaban J connectivity index is 2.11. The van der Waals surface area contributed by atoms with Gasteiger partial charge >= 0.3 is 0 Å². The van der Waals surface area contributed by atoms with Crippen LogP contribution >= 0.6 is 0 Å². The second kappa shape index (κ2) is 2.66. The molecule has 0 nitrogen and oxygen atoms in total. The van der Waals surface area contributed by atoms with E-state index < -0.39 is 0 Å². The lowest BCUT2D eigenvalue weighted by molar-refractivity contribution is 0.287. The highest BCUT2D eigenvalue weighted by Crippen LogP contribution is 2.52. The van der Waals surface area contributed by atoms with E-state index in [1.165, 1.54) is 19.3 Å². The summed E-state index contributed by atoms with van der Waals surface area (Å²) in [4.78, 5) is 0. The van der Waals surface area contributed by atoms with Crippen LogP contribution in [0.3, 0.4) is 0 Å². The summed E-state index contributed by atoms with van der Waals surface area (Å²) in [6.45, 7) is 4.59. The van der Waals surface area contributed by atoms with Crippen molar-refractivity contribution in [2.45, 2.75) is 33.1 Å². The van der Waals surface area contributed by atoms with Crippen LogP contribution in [0.4, 0.5) is 0 Å². The van der Waals surface area contributed by atoms with Crippen molar-refractivity contribution in [1.29, 1.82) is 0 Å². The molecular weight excluding hydrogens is 132 g/mol. The van der Waals surface area contributed by atoms with E-state index in [0.717, 1.165) is 23.7 Å². The minimum Gasteiger partial charge on any atom is -0.0914 e. The quantitative estimate of drug-likeness (QED) is 0.503. The van der Waals surface area contributed by atoms with Crippen LogP contribution in [-0.2, 0) is 0 Å². The van der Waals surface area contributed by atoms with Crippen LogP contribution in [0.15, 0.2) is 12.2 Å². The van der Waals surface area contributed by atoms with Crippen molar-refractivity contribution in [1.82, 2.24) is 0 Å². The molecule has 0 heterocycles. The third-order valence-electron chi connectivity index (χ3n) is 3.82. The zero-order chi connectivity index (χ0) is 7.84. The van der Waals surface area contributed by atoms with E-state index in [1.54, 1.807) is 0 Å². The van der Waals surface area contributed by atoms with E-state index >= 15 is 0 Å². The normalized spacial score (nSPS) is 49.3. The topological polar surface area (TPSA) is 0 Å². The van der Waals surface area contributed by atoms with Crippen molar-refractivity contribution in [2.75, 3.05) is 0 Å². The first-order valence-electron chi connectivity index (χ1n) is 4.95. The first-order chi connectivity index (χ1) is 5.33. The molecule has 0 aromatic carbocycles. The zero-order valence-corrected chi connectivity index (χ0v) is 7.59. The first kappa shape index (κ1) is 7.39. The molecule has 11 heavy (non-hydrogen) atoms. The summed E-state index contributed by atoms with van der Waals surface area (Å²) in [6, 6.07) is 0. The van der Waals surface area contributed by atoms with Gasteiger partial charge in [-0.25, -0.2) is 0 Å². The Labute approximate surface area is 69.7 Å². The van der Waals surface area contributed by atoms with E-state index in [9.17, 15) is 0 Å². The van der Waals surface area contributed by atoms with Crippen LogP contribution in [0.1, 0.15) is 33.1 Å². The molecule has 0 aromatic rings. The summed E-state index contributed by atoms with van der Waals surface area (Å²) >= 11 is 0. The van der Waals surface area contributed by atoms with E-state index in [1.807, 2.05) is 0 Å². The van der Waals surface area contributed by atoms with E-state index in [-0.39, 0.29) is 0 Å². The molecule has 2 rings (SSSR count). The van der Waals surface area contributed by atoms with Crippen molar-refractivity contribution in [2.24, 2.45) is 23.7 Å². The largest absolute Gasteiger partial charge is 0.0914 e. The van der Waals surface area contributed by atoms with E-state index in [2.05, 4.69) is 26.0 Å². The Morgan fingerprint density at radius 3 is 2.45 bits per heavy atom. The minimum absolute atomic E-state index is 0.929. The summed E-state index contributed by atoms with van der Waals surface area (Å²) in [6.07, 6.45) is 9.22. The smallest absolute Gasteiger partial charge is 0.0177 e. The fourth-order valence-electron chi connectivity index (χ4n) is 3.18. The van der Waals surface area contributed by atoms with Crippen molar-refractivity contribution < 1.29 is 0 Å². The van der Waals surface area contributed by atoms with Gasteiger partial charge in [-0.1, -0.05) is 19.1 Å². The summed E-state index contributed by atoms with van der Waals surface area (Å²) < 4.78 is 0. The maximum absolute atomic E-state index is 2.44. The Bertz CT molecular complexity index is 167. The molecule has 0 heteroatoms. The monoisotopic (exact) mass is 150 g/mol. The SMILES string of the molecule is CC=CC1C2CCC(C2)C1C. The maximum Gasteiger partial charge on any atom is -0.0177 e. The third kappa shape index (κ3) is 1.04. The molecule has 2 bridgehead atoms. The van der Waals surface area contributed by atoms with Gasteiger partial charge in [0.15, 0.2) is 0 Å². The van der Waals surface area contributed by atoms with Gasteiger partial charge in [-0.15, -0.1) is 0 Å². The number of hydrogen-bond acceptors (Lipinski definition) is 0. The molecule has 2 saturated carbocycles. The molecular formula is C11H18. The van der Waals surface area contributed by atoms with Crippen molar-refractivity contribution in [3.63, 3.8) is 0 Å². The van der Waals surface area contributed by atoms with Gasteiger partial charge in [0, 0.05) is 0 Å². The van der Waals surface area contributed by atoms with Crippen LogP contribution in [0.25, 0.3) is 0 Å². The van der Waals surface area contributed by atoms with Gasteiger partial charge in [0.1, 0.15) is 0 Å². The van der Waals surface area contributed by atoms with Gasteiger partial charge in [0.05, 0.1) is 0 Å². The average Bonchev–Trinajstić information content (AvgIpc) is 2.54. The predicted octanol–water partition coefficient (Wildman–Crippen LogP) is 3.24. The van der Waals surface area contributed by atoms with Crippen molar-refractivity contribution in [3.8, 4) is 0 Å². The van der Waals surface area contributed by atoms with E-state index in [4.69, 9.17) is 0 Å². The second-order valence-corrected chi connectivity index (χ2v) is 4.30. The number of fused-ring (bicyclic) bond motifs is 2. The first-order valence-corrected chi connectivity index (χ1v) is 4.95. The fraction of sp³-hybridized carbons (Fsp3) is 0.818. The van der Waals surface area contributed by atoms with E-state index in [0.29, 0.717) is 0 Å². The standard InChI is InChI=1S/C11H18/c1-3-4-11-8(2)9-5-6-10(11)7-9/h3-4,8-11H,5-7H2,1-2H3. The Hall–Kier alpha value is -0.260. The molecule has 62 valence electrons. The molecule has 0 saturated heterocycles. The average molecular weight is 150 g/mol. The van der Waals surface area contributed by atoms with Crippen LogP contribution in [0.5, 0.6) is 0 Å². The Morgan fingerprint density at radius 2 is 1.91 bits per heavy atom. The predicted molar refractivity (Wildman–Crippen MR) is 48.3 cm³/mol. The fourth-order valence-corrected chi connectivity index (χ4v) is 3.18. The molecule has 2 aliphatic carbocycles. The lowest BCUT2D eigenvalue weighted by atomic mass is 9.80. The highest BCUT2D eigenvalue weighted by Gasteiger charge is 2.43. The van der Waals surface area contributed by atoms with Gasteiger partial charge in [-0.05, 0) is 49.9 Å². The molecule has 2 fully saturated rings.